The van der Waals surface area contributed by atoms with Crippen LogP contribution in [0.4, 0.5) is 0 Å². The fraction of sp³-hybridized carbons (Fsp3) is 0.750. The quantitative estimate of drug-likeness (QED) is 0.810. The normalized spacial score (nSPS) is 16.8. The number of nitrogens with one attached hydrogen (secondary N) is 1. The first-order valence-electron chi connectivity index (χ1n) is 6.06. The van der Waals surface area contributed by atoms with E-state index in [4.69, 9.17) is 0 Å². The third-order valence-corrected chi connectivity index (χ3v) is 3.03. The predicted octanol–water partition coefficient (Wildman–Crippen LogP) is 2.03. The van der Waals surface area contributed by atoms with Crippen LogP contribution in [0.3, 0.4) is 0 Å². The summed E-state index contributed by atoms with van der Waals surface area (Å²) in [4.78, 5) is 0. The van der Waals surface area contributed by atoms with Crippen LogP contribution in [-0.2, 0) is 6.54 Å². The van der Waals surface area contributed by atoms with Gasteiger partial charge >= 0.3 is 0 Å². The summed E-state index contributed by atoms with van der Waals surface area (Å²) in [5.41, 5.74) is 0. The van der Waals surface area contributed by atoms with Gasteiger partial charge in [-0.2, -0.15) is 5.10 Å². The molecule has 0 radical (unpaired) electrons. The maximum Gasteiger partial charge on any atom is 0.0632 e. The lowest BCUT2D eigenvalue weighted by molar-refractivity contribution is 0.162. The minimum absolute atomic E-state index is 0.218. The van der Waals surface area contributed by atoms with Gasteiger partial charge in [0.1, 0.15) is 0 Å². The largest absolute Gasteiger partial charge is 0.393 e. The van der Waals surface area contributed by atoms with Gasteiger partial charge in [-0.15, -0.1) is 0 Å². The van der Waals surface area contributed by atoms with Crippen molar-refractivity contribution in [3.05, 3.63) is 16.9 Å². The molecule has 3 unspecified atom stereocenters. The third-order valence-electron chi connectivity index (χ3n) is 2.62. The summed E-state index contributed by atoms with van der Waals surface area (Å²) in [6.45, 7) is 7.91. The molecule has 17 heavy (non-hydrogen) atoms. The van der Waals surface area contributed by atoms with Crippen LogP contribution < -0.4 is 5.32 Å². The van der Waals surface area contributed by atoms with Crippen molar-refractivity contribution < 1.29 is 5.11 Å². The molecule has 1 aromatic heterocycles. The SMILES string of the molecule is CC(O)CC(C)CNC(C)Cn1cc(Br)cn1. The smallest absolute Gasteiger partial charge is 0.0632 e. The molecular formula is C12H22BrN3O. The number of aliphatic hydroxyl groups is 1. The van der Waals surface area contributed by atoms with Gasteiger partial charge in [-0.3, -0.25) is 4.68 Å². The first kappa shape index (κ1) is 14.7. The Morgan fingerprint density at radius 3 is 2.71 bits per heavy atom. The first-order valence-corrected chi connectivity index (χ1v) is 6.86. The minimum atomic E-state index is -0.218. The van der Waals surface area contributed by atoms with Crippen molar-refractivity contribution in [3.63, 3.8) is 0 Å². The van der Waals surface area contributed by atoms with Gasteiger partial charge < -0.3 is 10.4 Å². The van der Waals surface area contributed by atoms with Crippen LogP contribution in [0.1, 0.15) is 27.2 Å². The molecule has 4 nitrogen and oxygen atoms in total. The van der Waals surface area contributed by atoms with Crippen molar-refractivity contribution in [3.8, 4) is 0 Å². The number of aromatic nitrogens is 2. The average Bonchev–Trinajstić information content (AvgIpc) is 2.60. The fourth-order valence-electron chi connectivity index (χ4n) is 1.85. The van der Waals surface area contributed by atoms with Crippen LogP contribution in [0.25, 0.3) is 0 Å². The number of hydrogen-bond donors (Lipinski definition) is 2. The van der Waals surface area contributed by atoms with Gasteiger partial charge in [-0.25, -0.2) is 0 Å². The molecule has 3 atom stereocenters. The highest BCUT2D eigenvalue weighted by Crippen LogP contribution is 2.07. The Kier molecular flexibility index (Phi) is 6.16. The molecule has 1 aromatic rings. The second-order valence-corrected chi connectivity index (χ2v) is 5.80. The summed E-state index contributed by atoms with van der Waals surface area (Å²) in [6.07, 6.45) is 4.39. The zero-order chi connectivity index (χ0) is 12.8. The van der Waals surface area contributed by atoms with E-state index < -0.39 is 0 Å². The Labute approximate surface area is 112 Å². The predicted molar refractivity (Wildman–Crippen MR) is 72.9 cm³/mol. The molecule has 0 saturated heterocycles. The monoisotopic (exact) mass is 303 g/mol. The standard InChI is InChI=1S/C12H22BrN3O/c1-9(4-11(3)17)5-14-10(2)7-16-8-12(13)6-15-16/h6,8-11,14,17H,4-5,7H2,1-3H3. The number of nitrogens with zero attached hydrogens (tertiary/aromatic N) is 2. The average molecular weight is 304 g/mol. The highest BCUT2D eigenvalue weighted by Gasteiger charge is 2.09. The first-order chi connectivity index (χ1) is 7.97. The molecule has 2 N–H and O–H groups in total. The van der Waals surface area contributed by atoms with Gasteiger partial charge in [0.2, 0.25) is 0 Å². The van der Waals surface area contributed by atoms with Crippen molar-refractivity contribution in [1.82, 2.24) is 15.1 Å². The van der Waals surface area contributed by atoms with Gasteiger partial charge in [0, 0.05) is 12.2 Å². The van der Waals surface area contributed by atoms with Crippen LogP contribution in [-0.4, -0.2) is 33.6 Å². The summed E-state index contributed by atoms with van der Waals surface area (Å²) in [5.74, 6) is 0.488. The zero-order valence-corrected chi connectivity index (χ0v) is 12.3. The number of hydrogen-bond acceptors (Lipinski definition) is 3. The topological polar surface area (TPSA) is 50.1 Å². The Morgan fingerprint density at radius 1 is 1.47 bits per heavy atom. The van der Waals surface area contributed by atoms with Gasteiger partial charge in [-0.1, -0.05) is 6.92 Å². The molecule has 0 fully saturated rings. The van der Waals surface area contributed by atoms with Crippen LogP contribution >= 0.6 is 15.9 Å². The minimum Gasteiger partial charge on any atom is -0.393 e. The third kappa shape index (κ3) is 6.19. The van der Waals surface area contributed by atoms with Crippen molar-refractivity contribution >= 4 is 15.9 Å². The van der Waals surface area contributed by atoms with Crippen molar-refractivity contribution in [2.24, 2.45) is 5.92 Å². The number of halogens is 1. The van der Waals surface area contributed by atoms with Crippen LogP contribution in [0.15, 0.2) is 16.9 Å². The van der Waals surface area contributed by atoms with Gasteiger partial charge in [0.25, 0.3) is 0 Å². The van der Waals surface area contributed by atoms with E-state index in [1.165, 1.54) is 0 Å². The van der Waals surface area contributed by atoms with Gasteiger partial charge in [0.05, 0.1) is 23.3 Å². The molecule has 0 aromatic carbocycles. The zero-order valence-electron chi connectivity index (χ0n) is 10.7. The van der Waals surface area contributed by atoms with Gasteiger partial charge in [-0.05, 0) is 48.7 Å². The van der Waals surface area contributed by atoms with E-state index >= 15 is 0 Å². The highest BCUT2D eigenvalue weighted by molar-refractivity contribution is 9.10. The van der Waals surface area contributed by atoms with Crippen LogP contribution in [0.5, 0.6) is 0 Å². The maximum atomic E-state index is 9.28. The molecule has 98 valence electrons. The summed E-state index contributed by atoms with van der Waals surface area (Å²) < 4.78 is 2.92. The second-order valence-electron chi connectivity index (χ2n) is 4.88. The summed E-state index contributed by atoms with van der Waals surface area (Å²) in [5, 5.41) is 17.0. The van der Waals surface area contributed by atoms with Crippen LogP contribution in [0, 0.1) is 5.92 Å². The lowest BCUT2D eigenvalue weighted by Crippen LogP contribution is -2.34. The fourth-order valence-corrected chi connectivity index (χ4v) is 2.18. The summed E-state index contributed by atoms with van der Waals surface area (Å²) in [7, 11) is 0. The molecule has 0 aliphatic rings. The molecule has 0 bridgehead atoms. The molecule has 1 heterocycles. The van der Waals surface area contributed by atoms with Crippen LogP contribution in [0.2, 0.25) is 0 Å². The second kappa shape index (κ2) is 7.13. The Balaban J connectivity index is 2.23. The lowest BCUT2D eigenvalue weighted by atomic mass is 10.0. The molecule has 0 saturated carbocycles. The van der Waals surface area contributed by atoms with Crippen molar-refractivity contribution in [2.45, 2.75) is 45.9 Å². The van der Waals surface area contributed by atoms with E-state index in [-0.39, 0.29) is 6.10 Å². The van der Waals surface area contributed by atoms with Crippen molar-refractivity contribution in [1.29, 1.82) is 0 Å². The maximum absolute atomic E-state index is 9.28. The Bertz CT molecular complexity index is 327. The molecule has 0 aliphatic carbocycles. The summed E-state index contributed by atoms with van der Waals surface area (Å²) >= 11 is 3.38. The highest BCUT2D eigenvalue weighted by atomic mass is 79.9. The van der Waals surface area contributed by atoms with Crippen molar-refractivity contribution in [2.75, 3.05) is 6.54 Å². The Morgan fingerprint density at radius 2 is 2.18 bits per heavy atom. The van der Waals surface area contributed by atoms with E-state index in [1.54, 1.807) is 6.20 Å². The summed E-state index contributed by atoms with van der Waals surface area (Å²) in [6, 6.07) is 0.373. The number of rotatable bonds is 7. The van der Waals surface area contributed by atoms with E-state index in [1.807, 2.05) is 17.8 Å². The molecule has 0 aliphatic heterocycles. The molecule has 0 spiro atoms. The number of aliphatic hydroxyl groups excluding tert-OH is 1. The van der Waals surface area contributed by atoms with E-state index in [9.17, 15) is 5.11 Å². The van der Waals surface area contributed by atoms with Gasteiger partial charge in [0.15, 0.2) is 0 Å². The van der Waals surface area contributed by atoms with E-state index in [0.717, 1.165) is 24.0 Å². The van der Waals surface area contributed by atoms with E-state index in [0.29, 0.717) is 12.0 Å². The molecule has 0 amide bonds. The molecular weight excluding hydrogens is 282 g/mol. The molecule has 5 heteroatoms. The molecule has 1 rings (SSSR count). The lowest BCUT2D eigenvalue weighted by Gasteiger charge is -2.18. The van der Waals surface area contributed by atoms with E-state index in [2.05, 4.69) is 40.2 Å². The Hall–Kier alpha value is -0.390.